The molecule has 0 spiro atoms. The number of carboxylic acids is 1. The highest BCUT2D eigenvalue weighted by molar-refractivity contribution is 7.86. The molecule has 0 saturated carbocycles. The maximum Gasteiger partial charge on any atom is 0.416 e. The van der Waals surface area contributed by atoms with Crippen LogP contribution in [0.3, 0.4) is 0 Å². The molecule has 1 atom stereocenters. The van der Waals surface area contributed by atoms with Gasteiger partial charge in [0, 0.05) is 16.5 Å². The molecule has 110 valence electrons. The third-order valence-corrected chi connectivity index (χ3v) is 3.23. The smallest absolute Gasteiger partial charge is 0.416 e. The minimum Gasteiger partial charge on any atom is -0.481 e. The van der Waals surface area contributed by atoms with E-state index in [1.165, 1.54) is 0 Å². The highest BCUT2D eigenvalue weighted by Crippen LogP contribution is 2.29. The van der Waals surface area contributed by atoms with E-state index in [1.54, 1.807) is 0 Å². The minimum absolute atomic E-state index is 0.107. The van der Waals surface area contributed by atoms with Crippen molar-refractivity contribution in [2.24, 2.45) is 0 Å². The van der Waals surface area contributed by atoms with Gasteiger partial charge in [0.25, 0.3) is 0 Å². The topological polar surface area (TPSA) is 83.5 Å². The second-order valence-corrected chi connectivity index (χ2v) is 5.20. The first-order valence-electron chi connectivity index (χ1n) is 5.22. The maximum absolute atomic E-state index is 12.3. The lowest BCUT2D eigenvalue weighted by atomic mass is 10.2. The highest BCUT2D eigenvalue weighted by atomic mass is 32.2. The predicted molar refractivity (Wildman–Crippen MR) is 65.6 cm³/mol. The molecule has 0 fully saturated rings. The zero-order valence-corrected chi connectivity index (χ0v) is 10.8. The van der Waals surface area contributed by atoms with Crippen molar-refractivity contribution >= 4 is 28.4 Å². The largest absolute Gasteiger partial charge is 0.481 e. The molecule has 0 radical (unpaired) electrons. The Kier molecular flexibility index (Phi) is 5.26. The van der Waals surface area contributed by atoms with E-state index in [2.05, 4.69) is 5.32 Å². The summed E-state index contributed by atoms with van der Waals surface area (Å²) in [6.07, 6.45) is -4.47. The average molecular weight is 309 g/mol. The molecule has 0 aliphatic rings. The van der Waals surface area contributed by atoms with Gasteiger partial charge in [0.15, 0.2) is 0 Å². The molecule has 0 aromatic heterocycles. The SMILES string of the molecule is O=C(O)CS(=O)CC(=O)Nc1ccc(C(F)(F)F)cc1. The number of aliphatic carboxylic acids is 1. The van der Waals surface area contributed by atoms with Crippen LogP contribution in [0.15, 0.2) is 24.3 Å². The van der Waals surface area contributed by atoms with Gasteiger partial charge in [-0.25, -0.2) is 0 Å². The van der Waals surface area contributed by atoms with E-state index in [1.807, 2.05) is 0 Å². The molecule has 9 heteroatoms. The van der Waals surface area contributed by atoms with Crippen molar-refractivity contribution in [3.8, 4) is 0 Å². The molecular formula is C11H10F3NO4S. The molecule has 1 aromatic rings. The van der Waals surface area contributed by atoms with Gasteiger partial charge in [-0.15, -0.1) is 0 Å². The van der Waals surface area contributed by atoms with E-state index in [9.17, 15) is 27.0 Å². The maximum atomic E-state index is 12.3. The summed E-state index contributed by atoms with van der Waals surface area (Å²) in [5, 5.41) is 10.6. The van der Waals surface area contributed by atoms with Crippen LogP contribution in [0.25, 0.3) is 0 Å². The molecule has 5 nitrogen and oxygen atoms in total. The third kappa shape index (κ3) is 5.39. The second-order valence-electron chi connectivity index (χ2n) is 3.75. The molecule has 0 heterocycles. The summed E-state index contributed by atoms with van der Waals surface area (Å²) < 4.78 is 48.0. The van der Waals surface area contributed by atoms with Crippen LogP contribution in [-0.2, 0) is 26.6 Å². The number of carbonyl (C=O) groups is 2. The molecule has 0 aliphatic carbocycles. The summed E-state index contributed by atoms with van der Waals surface area (Å²) in [5.41, 5.74) is -0.750. The van der Waals surface area contributed by atoms with E-state index < -0.39 is 45.9 Å². The summed E-state index contributed by atoms with van der Waals surface area (Å²) >= 11 is 0. The summed E-state index contributed by atoms with van der Waals surface area (Å²) in [5.74, 6) is -3.23. The van der Waals surface area contributed by atoms with Gasteiger partial charge in [0.05, 0.1) is 5.56 Å². The monoisotopic (exact) mass is 309 g/mol. The van der Waals surface area contributed by atoms with Crippen molar-refractivity contribution in [3.63, 3.8) is 0 Å². The van der Waals surface area contributed by atoms with Gasteiger partial charge in [-0.3, -0.25) is 13.8 Å². The number of carboxylic acid groups (broad SMARTS) is 1. The fourth-order valence-electron chi connectivity index (χ4n) is 1.27. The van der Waals surface area contributed by atoms with Crippen LogP contribution in [0.5, 0.6) is 0 Å². The highest BCUT2D eigenvalue weighted by Gasteiger charge is 2.29. The first-order chi connectivity index (χ1) is 9.18. The second kappa shape index (κ2) is 6.51. The summed E-state index contributed by atoms with van der Waals surface area (Å²) in [6.45, 7) is 0. The number of alkyl halides is 3. The van der Waals surface area contributed by atoms with Crippen molar-refractivity contribution in [2.45, 2.75) is 6.18 Å². The van der Waals surface area contributed by atoms with Crippen LogP contribution in [-0.4, -0.2) is 32.7 Å². The minimum atomic E-state index is -4.47. The summed E-state index contributed by atoms with van der Waals surface area (Å²) in [6, 6.07) is 3.70. The number of hydrogen-bond donors (Lipinski definition) is 2. The molecule has 2 N–H and O–H groups in total. The molecule has 0 saturated heterocycles. The van der Waals surface area contributed by atoms with Crippen LogP contribution in [0.2, 0.25) is 0 Å². The zero-order valence-electron chi connectivity index (χ0n) is 9.94. The lowest BCUT2D eigenvalue weighted by molar-refractivity contribution is -0.137. The van der Waals surface area contributed by atoms with Crippen molar-refractivity contribution in [1.82, 2.24) is 0 Å². The third-order valence-electron chi connectivity index (χ3n) is 2.07. The Morgan fingerprint density at radius 3 is 2.15 bits per heavy atom. The van der Waals surface area contributed by atoms with E-state index in [0.29, 0.717) is 0 Å². The number of carbonyl (C=O) groups excluding carboxylic acids is 1. The molecule has 1 rings (SSSR count). The molecular weight excluding hydrogens is 299 g/mol. The Morgan fingerprint density at radius 2 is 1.70 bits per heavy atom. The summed E-state index contributed by atoms with van der Waals surface area (Å²) in [4.78, 5) is 21.6. The number of nitrogens with one attached hydrogen (secondary N) is 1. The lowest BCUT2D eigenvalue weighted by Gasteiger charge is -2.08. The normalized spacial score (nSPS) is 12.8. The van der Waals surface area contributed by atoms with Gasteiger partial charge in [0.2, 0.25) is 5.91 Å². The number of halogens is 3. The number of amides is 1. The predicted octanol–water partition coefficient (Wildman–Crippen LogP) is 1.48. The van der Waals surface area contributed by atoms with Gasteiger partial charge in [-0.2, -0.15) is 13.2 Å². The number of hydrogen-bond acceptors (Lipinski definition) is 3. The fourth-order valence-corrected chi connectivity index (χ4v) is 2.02. The van der Waals surface area contributed by atoms with Crippen LogP contribution in [0.4, 0.5) is 18.9 Å². The number of benzene rings is 1. The summed E-state index contributed by atoms with van der Waals surface area (Å²) in [7, 11) is -1.86. The van der Waals surface area contributed by atoms with Gasteiger partial charge in [0.1, 0.15) is 11.5 Å². The molecule has 1 aromatic carbocycles. The van der Waals surface area contributed by atoms with E-state index in [4.69, 9.17) is 5.11 Å². The Bertz CT molecular complexity index is 527. The van der Waals surface area contributed by atoms with E-state index in [0.717, 1.165) is 24.3 Å². The Balaban J connectivity index is 2.59. The standard InChI is InChI=1S/C11H10F3NO4S/c12-11(13,14)7-1-3-8(4-2-7)15-9(16)5-20(19)6-10(17)18/h1-4H,5-6H2,(H,15,16)(H,17,18). The van der Waals surface area contributed by atoms with Gasteiger partial charge in [-0.05, 0) is 24.3 Å². The number of rotatable bonds is 5. The van der Waals surface area contributed by atoms with Crippen LogP contribution >= 0.6 is 0 Å². The zero-order chi connectivity index (χ0) is 15.3. The van der Waals surface area contributed by atoms with Crippen LogP contribution in [0, 0.1) is 0 Å². The quantitative estimate of drug-likeness (QED) is 0.863. The van der Waals surface area contributed by atoms with Gasteiger partial charge in [-0.1, -0.05) is 0 Å². The Hall–Kier alpha value is -1.90. The average Bonchev–Trinajstić information content (AvgIpc) is 2.26. The first-order valence-corrected chi connectivity index (χ1v) is 6.71. The number of anilines is 1. The van der Waals surface area contributed by atoms with Crippen molar-refractivity contribution in [3.05, 3.63) is 29.8 Å². The van der Waals surface area contributed by atoms with Crippen molar-refractivity contribution < 1.29 is 32.1 Å². The molecule has 0 aliphatic heterocycles. The van der Waals surface area contributed by atoms with Gasteiger partial charge < -0.3 is 10.4 Å². The lowest BCUT2D eigenvalue weighted by Crippen LogP contribution is -2.23. The fraction of sp³-hybridized carbons (Fsp3) is 0.273. The first kappa shape index (κ1) is 16.2. The molecule has 0 bridgehead atoms. The van der Waals surface area contributed by atoms with Gasteiger partial charge >= 0.3 is 12.1 Å². The molecule has 1 unspecified atom stereocenters. The molecule has 20 heavy (non-hydrogen) atoms. The van der Waals surface area contributed by atoms with E-state index >= 15 is 0 Å². The Labute approximate surface area is 114 Å². The van der Waals surface area contributed by atoms with E-state index in [-0.39, 0.29) is 5.69 Å². The molecule has 1 amide bonds. The van der Waals surface area contributed by atoms with Crippen LogP contribution < -0.4 is 5.32 Å². The Morgan fingerprint density at radius 1 is 1.15 bits per heavy atom. The van der Waals surface area contributed by atoms with Crippen LogP contribution in [0.1, 0.15) is 5.56 Å². The van der Waals surface area contributed by atoms with Crippen molar-refractivity contribution in [2.75, 3.05) is 16.8 Å². The van der Waals surface area contributed by atoms with Crippen molar-refractivity contribution in [1.29, 1.82) is 0 Å².